The lowest BCUT2D eigenvalue weighted by molar-refractivity contribution is 0.130. The summed E-state index contributed by atoms with van der Waals surface area (Å²) >= 11 is 0. The number of anilines is 1. The number of halogens is 2. The van der Waals surface area contributed by atoms with Crippen molar-refractivity contribution in [3.8, 4) is 5.75 Å². The van der Waals surface area contributed by atoms with E-state index in [2.05, 4.69) is 27.1 Å². The van der Waals surface area contributed by atoms with Gasteiger partial charge in [-0.25, -0.2) is 8.78 Å². The second kappa shape index (κ2) is 8.61. The first-order chi connectivity index (χ1) is 13.7. The molecule has 1 fully saturated rings. The van der Waals surface area contributed by atoms with Gasteiger partial charge in [-0.1, -0.05) is 0 Å². The van der Waals surface area contributed by atoms with E-state index in [0.29, 0.717) is 18.4 Å². The maximum atomic E-state index is 13.1. The van der Waals surface area contributed by atoms with Crippen LogP contribution in [0.15, 0.2) is 60.9 Å². The lowest BCUT2D eigenvalue weighted by Crippen LogP contribution is -2.44. The summed E-state index contributed by atoms with van der Waals surface area (Å²) in [5.41, 5.74) is 1.01. The molecule has 0 saturated carbocycles. The normalized spacial score (nSPS) is 18.1. The summed E-state index contributed by atoms with van der Waals surface area (Å²) in [6.45, 7) is 4.38. The number of ether oxygens (including phenoxy) is 1. The standard InChI is InChI=1S/C22H25F2N3O/c23-18-1-5-20(6-2-18)26-13-14-27(17-26)21-9-11-25(12-10-21)15-16-28-22-7-3-19(24)4-8-22/h1-8,13-14,21H,9-12,15-17H2. The van der Waals surface area contributed by atoms with Gasteiger partial charge in [0.05, 0.1) is 6.67 Å². The van der Waals surface area contributed by atoms with E-state index in [-0.39, 0.29) is 11.6 Å². The topological polar surface area (TPSA) is 19.0 Å². The Labute approximate surface area is 164 Å². The molecule has 0 N–H and O–H groups in total. The molecule has 2 heterocycles. The van der Waals surface area contributed by atoms with Crippen molar-refractivity contribution in [3.63, 3.8) is 0 Å². The third kappa shape index (κ3) is 4.62. The molecule has 0 bridgehead atoms. The molecule has 1 saturated heterocycles. The van der Waals surface area contributed by atoms with Crippen molar-refractivity contribution in [2.45, 2.75) is 18.9 Å². The minimum absolute atomic E-state index is 0.209. The highest BCUT2D eigenvalue weighted by Gasteiger charge is 2.26. The number of nitrogens with zero attached hydrogens (tertiary/aromatic N) is 3. The first kappa shape index (κ1) is 18.7. The van der Waals surface area contributed by atoms with Crippen LogP contribution < -0.4 is 9.64 Å². The van der Waals surface area contributed by atoms with E-state index in [0.717, 1.165) is 44.8 Å². The van der Waals surface area contributed by atoms with Crippen molar-refractivity contribution in [2.75, 3.05) is 37.8 Å². The molecule has 28 heavy (non-hydrogen) atoms. The van der Waals surface area contributed by atoms with E-state index in [1.807, 2.05) is 12.1 Å². The molecule has 6 heteroatoms. The van der Waals surface area contributed by atoms with Gasteiger partial charge in [-0.15, -0.1) is 0 Å². The molecule has 0 spiro atoms. The van der Waals surface area contributed by atoms with Gasteiger partial charge in [-0.3, -0.25) is 4.90 Å². The lowest BCUT2D eigenvalue weighted by Gasteiger charge is -2.37. The number of rotatable bonds is 6. The largest absolute Gasteiger partial charge is 0.492 e. The number of piperidine rings is 1. The van der Waals surface area contributed by atoms with E-state index in [4.69, 9.17) is 4.74 Å². The summed E-state index contributed by atoms with van der Waals surface area (Å²) in [5, 5.41) is 0. The fraction of sp³-hybridized carbons (Fsp3) is 0.364. The van der Waals surface area contributed by atoms with E-state index < -0.39 is 0 Å². The van der Waals surface area contributed by atoms with E-state index in [1.165, 1.54) is 24.3 Å². The Morgan fingerprint density at radius 2 is 1.50 bits per heavy atom. The van der Waals surface area contributed by atoms with Crippen molar-refractivity contribution >= 4 is 5.69 Å². The molecule has 4 nitrogen and oxygen atoms in total. The molecular formula is C22H25F2N3O. The number of hydrogen-bond acceptors (Lipinski definition) is 4. The molecule has 148 valence electrons. The van der Waals surface area contributed by atoms with E-state index >= 15 is 0 Å². The molecule has 2 aromatic rings. The molecule has 2 aromatic carbocycles. The van der Waals surface area contributed by atoms with Crippen LogP contribution in [-0.4, -0.2) is 48.8 Å². The van der Waals surface area contributed by atoms with Gasteiger partial charge in [0, 0.05) is 43.8 Å². The van der Waals surface area contributed by atoms with Gasteiger partial charge in [-0.2, -0.15) is 0 Å². The van der Waals surface area contributed by atoms with Crippen LogP contribution in [0.25, 0.3) is 0 Å². The summed E-state index contributed by atoms with van der Waals surface area (Å²) < 4.78 is 31.7. The molecule has 4 rings (SSSR count). The number of hydrogen-bond donors (Lipinski definition) is 0. The highest BCUT2D eigenvalue weighted by molar-refractivity contribution is 5.50. The second-order valence-electron chi connectivity index (χ2n) is 7.28. The summed E-state index contributed by atoms with van der Waals surface area (Å²) in [6.07, 6.45) is 6.42. The minimum Gasteiger partial charge on any atom is -0.492 e. The lowest BCUT2D eigenvalue weighted by atomic mass is 10.0. The average molecular weight is 385 g/mol. The van der Waals surface area contributed by atoms with Gasteiger partial charge < -0.3 is 14.5 Å². The quantitative estimate of drug-likeness (QED) is 0.746. The summed E-state index contributed by atoms with van der Waals surface area (Å²) in [4.78, 5) is 6.93. The van der Waals surface area contributed by atoms with E-state index in [1.54, 1.807) is 12.1 Å². The zero-order chi connectivity index (χ0) is 19.3. The fourth-order valence-corrected chi connectivity index (χ4v) is 3.77. The molecule has 2 aliphatic rings. The van der Waals surface area contributed by atoms with Crippen molar-refractivity contribution in [1.82, 2.24) is 9.80 Å². The molecule has 0 atom stereocenters. The van der Waals surface area contributed by atoms with Crippen LogP contribution in [0.3, 0.4) is 0 Å². The third-order valence-corrected chi connectivity index (χ3v) is 5.43. The zero-order valence-corrected chi connectivity index (χ0v) is 15.8. The zero-order valence-electron chi connectivity index (χ0n) is 15.8. The van der Waals surface area contributed by atoms with Gasteiger partial charge in [0.15, 0.2) is 0 Å². The molecule has 0 amide bonds. The van der Waals surface area contributed by atoms with Crippen LogP contribution in [0.1, 0.15) is 12.8 Å². The van der Waals surface area contributed by atoms with E-state index in [9.17, 15) is 8.78 Å². The van der Waals surface area contributed by atoms with Gasteiger partial charge in [0.25, 0.3) is 0 Å². The van der Waals surface area contributed by atoms with Gasteiger partial charge >= 0.3 is 0 Å². The molecule has 0 aliphatic carbocycles. The van der Waals surface area contributed by atoms with Crippen LogP contribution in [-0.2, 0) is 0 Å². The summed E-state index contributed by atoms with van der Waals surface area (Å²) in [7, 11) is 0. The smallest absolute Gasteiger partial charge is 0.123 e. The Bertz CT molecular complexity index is 786. The molecule has 2 aliphatic heterocycles. The van der Waals surface area contributed by atoms with Crippen molar-refractivity contribution < 1.29 is 13.5 Å². The maximum Gasteiger partial charge on any atom is 0.123 e. The van der Waals surface area contributed by atoms with Crippen LogP contribution in [0.5, 0.6) is 5.75 Å². The Balaban J connectivity index is 1.19. The first-order valence-electron chi connectivity index (χ1n) is 9.74. The second-order valence-corrected chi connectivity index (χ2v) is 7.28. The van der Waals surface area contributed by atoms with Crippen molar-refractivity contribution in [2.24, 2.45) is 0 Å². The maximum absolute atomic E-state index is 13.1. The SMILES string of the molecule is Fc1ccc(OCCN2CCC(N3C=CN(c4ccc(F)cc4)C3)CC2)cc1. The fourth-order valence-electron chi connectivity index (χ4n) is 3.77. The van der Waals surface area contributed by atoms with Gasteiger partial charge in [0.2, 0.25) is 0 Å². The predicted molar refractivity (Wildman–Crippen MR) is 106 cm³/mol. The van der Waals surface area contributed by atoms with Crippen molar-refractivity contribution in [3.05, 3.63) is 72.6 Å². The molecule has 0 unspecified atom stereocenters. The Kier molecular flexibility index (Phi) is 5.76. The molecule has 0 radical (unpaired) electrons. The van der Waals surface area contributed by atoms with Crippen LogP contribution in [0, 0.1) is 11.6 Å². The monoisotopic (exact) mass is 385 g/mol. The highest BCUT2D eigenvalue weighted by atomic mass is 19.1. The highest BCUT2D eigenvalue weighted by Crippen LogP contribution is 2.24. The Hall–Kier alpha value is -2.60. The van der Waals surface area contributed by atoms with Gasteiger partial charge in [0.1, 0.15) is 24.0 Å². The predicted octanol–water partition coefficient (Wildman–Crippen LogP) is 4.06. The number of benzene rings is 2. The summed E-state index contributed by atoms with van der Waals surface area (Å²) in [5.74, 6) is 0.252. The average Bonchev–Trinajstić information content (AvgIpc) is 3.21. The first-order valence-corrected chi connectivity index (χ1v) is 9.74. The Morgan fingerprint density at radius 3 is 2.18 bits per heavy atom. The van der Waals surface area contributed by atoms with Crippen LogP contribution in [0.2, 0.25) is 0 Å². The van der Waals surface area contributed by atoms with Crippen LogP contribution >= 0.6 is 0 Å². The Morgan fingerprint density at radius 1 is 0.857 bits per heavy atom. The molecule has 0 aromatic heterocycles. The summed E-state index contributed by atoms with van der Waals surface area (Å²) in [6, 6.07) is 13.3. The third-order valence-electron chi connectivity index (χ3n) is 5.43. The van der Waals surface area contributed by atoms with Crippen LogP contribution in [0.4, 0.5) is 14.5 Å². The van der Waals surface area contributed by atoms with Crippen molar-refractivity contribution in [1.29, 1.82) is 0 Å². The molecular weight excluding hydrogens is 360 g/mol. The van der Waals surface area contributed by atoms with Gasteiger partial charge in [-0.05, 0) is 61.4 Å². The minimum atomic E-state index is -0.247. The number of likely N-dealkylation sites (tertiary alicyclic amines) is 1.